The minimum absolute atomic E-state index is 0.0184. The number of ether oxygens (including phenoxy) is 2. The van der Waals surface area contributed by atoms with Crippen molar-refractivity contribution in [2.75, 3.05) is 25.2 Å². The molecule has 190 valence electrons. The number of esters is 1. The lowest BCUT2D eigenvalue weighted by Crippen LogP contribution is -2.71. The second kappa shape index (κ2) is 10.2. The van der Waals surface area contributed by atoms with Gasteiger partial charge in [0.15, 0.2) is 10.8 Å². The first-order valence-electron chi connectivity index (χ1n) is 11.2. The van der Waals surface area contributed by atoms with Crippen LogP contribution in [0.4, 0.5) is 5.13 Å². The highest BCUT2D eigenvalue weighted by Gasteiger charge is 2.55. The van der Waals surface area contributed by atoms with Gasteiger partial charge in [-0.05, 0) is 45.6 Å². The molecule has 2 saturated heterocycles. The van der Waals surface area contributed by atoms with Gasteiger partial charge in [0.25, 0.3) is 11.8 Å². The van der Waals surface area contributed by atoms with Crippen molar-refractivity contribution in [3.8, 4) is 0 Å². The highest BCUT2D eigenvalue weighted by atomic mass is 32.2. The Balaban J connectivity index is 1.55. The van der Waals surface area contributed by atoms with Crippen LogP contribution < -0.4 is 11.1 Å². The fraction of sp³-hybridized carbons (Fsp3) is 0.591. The third-order valence-electron chi connectivity index (χ3n) is 5.59. The maximum atomic E-state index is 13.2. The zero-order chi connectivity index (χ0) is 25.3. The summed E-state index contributed by atoms with van der Waals surface area (Å²) in [6.45, 7) is 6.04. The number of hydrogen-bond donors (Lipinski definition) is 2. The highest BCUT2D eigenvalue weighted by Crippen LogP contribution is 2.42. The molecule has 1 unspecified atom stereocenters. The fourth-order valence-electron chi connectivity index (χ4n) is 4.14. The Morgan fingerprint density at radius 1 is 1.40 bits per heavy atom. The van der Waals surface area contributed by atoms with Crippen molar-refractivity contribution in [2.45, 2.75) is 63.2 Å². The Hall–Kier alpha value is -2.64. The van der Waals surface area contributed by atoms with E-state index >= 15 is 0 Å². The number of anilines is 1. The highest BCUT2D eigenvalue weighted by molar-refractivity contribution is 8.00. The molecule has 0 spiro atoms. The van der Waals surface area contributed by atoms with Crippen molar-refractivity contribution in [1.29, 1.82) is 0 Å². The number of rotatable bonds is 7. The number of oxime groups is 1. The number of thioether (sulfide) groups is 1. The van der Waals surface area contributed by atoms with Gasteiger partial charge in [-0.15, -0.1) is 23.1 Å². The summed E-state index contributed by atoms with van der Waals surface area (Å²) in [5.41, 5.74) is 6.20. The number of amides is 2. The molecular weight excluding hydrogens is 494 g/mol. The van der Waals surface area contributed by atoms with Crippen LogP contribution in [0.3, 0.4) is 0 Å². The summed E-state index contributed by atoms with van der Waals surface area (Å²) < 4.78 is 11.4. The molecule has 3 aliphatic heterocycles. The van der Waals surface area contributed by atoms with Crippen LogP contribution in [0.15, 0.2) is 21.8 Å². The minimum atomic E-state index is -0.841. The van der Waals surface area contributed by atoms with E-state index < -0.39 is 34.8 Å². The molecular formula is C22H29N5O6S2. The van der Waals surface area contributed by atoms with E-state index in [1.165, 1.54) is 23.8 Å². The molecule has 0 aliphatic carbocycles. The molecule has 4 heterocycles. The molecule has 2 fully saturated rings. The number of nitrogens with two attached hydrogens (primary N) is 1. The minimum Gasteiger partial charge on any atom is -0.455 e. The molecule has 3 N–H and O–H groups in total. The van der Waals surface area contributed by atoms with Crippen LogP contribution in [-0.4, -0.2) is 76.0 Å². The molecule has 13 heteroatoms. The summed E-state index contributed by atoms with van der Waals surface area (Å²) in [5.74, 6) is -1.04. The van der Waals surface area contributed by atoms with Gasteiger partial charge in [-0.1, -0.05) is 5.16 Å². The molecule has 0 saturated carbocycles. The molecule has 0 bridgehead atoms. The van der Waals surface area contributed by atoms with Gasteiger partial charge in [-0.2, -0.15) is 0 Å². The summed E-state index contributed by atoms with van der Waals surface area (Å²) in [6, 6.07) is -0.841. The first kappa shape index (κ1) is 25.5. The Morgan fingerprint density at radius 2 is 2.17 bits per heavy atom. The molecule has 3 atom stereocenters. The summed E-state index contributed by atoms with van der Waals surface area (Å²) in [4.78, 5) is 49.7. The summed E-state index contributed by atoms with van der Waals surface area (Å²) in [7, 11) is 1.31. The third kappa shape index (κ3) is 5.46. The topological polar surface area (TPSA) is 145 Å². The Kier molecular flexibility index (Phi) is 7.38. The molecule has 4 rings (SSSR count). The van der Waals surface area contributed by atoms with Crippen molar-refractivity contribution in [3.63, 3.8) is 0 Å². The van der Waals surface area contributed by atoms with Crippen LogP contribution in [0.2, 0.25) is 0 Å². The molecule has 35 heavy (non-hydrogen) atoms. The first-order valence-corrected chi connectivity index (χ1v) is 13.2. The monoisotopic (exact) mass is 523 g/mol. The predicted octanol–water partition coefficient (Wildman–Crippen LogP) is 1.64. The van der Waals surface area contributed by atoms with Gasteiger partial charge in [0.1, 0.15) is 35.5 Å². The molecule has 0 radical (unpaired) electrons. The number of hydrogen-bond acceptors (Lipinski definition) is 11. The molecule has 3 aliphatic rings. The van der Waals surface area contributed by atoms with Crippen molar-refractivity contribution in [3.05, 3.63) is 22.3 Å². The van der Waals surface area contributed by atoms with E-state index in [2.05, 4.69) is 15.5 Å². The number of carbonyl (C=O) groups is 3. The Bertz CT molecular complexity index is 1070. The zero-order valence-corrected chi connectivity index (χ0v) is 21.7. The first-order chi connectivity index (χ1) is 16.6. The number of nitrogen functional groups attached to an aromatic ring is 1. The number of nitrogens with one attached hydrogen (secondary N) is 1. The molecule has 11 nitrogen and oxygen atoms in total. The van der Waals surface area contributed by atoms with Crippen LogP contribution in [0.1, 0.15) is 45.7 Å². The van der Waals surface area contributed by atoms with Gasteiger partial charge in [0.2, 0.25) is 0 Å². The largest absolute Gasteiger partial charge is 0.455 e. The number of thiazole rings is 1. The van der Waals surface area contributed by atoms with Crippen LogP contribution in [0, 0.1) is 0 Å². The van der Waals surface area contributed by atoms with E-state index in [1.807, 2.05) is 0 Å². The van der Waals surface area contributed by atoms with Crippen molar-refractivity contribution < 1.29 is 28.7 Å². The smallest absolute Gasteiger partial charge is 0.355 e. The summed E-state index contributed by atoms with van der Waals surface area (Å²) >= 11 is 2.64. The molecule has 1 aromatic rings. The van der Waals surface area contributed by atoms with Gasteiger partial charge in [-0.3, -0.25) is 14.5 Å². The molecule has 2 amide bonds. The van der Waals surface area contributed by atoms with E-state index in [0.717, 1.165) is 29.8 Å². The third-order valence-corrected chi connectivity index (χ3v) is 7.60. The average Bonchev–Trinajstić information content (AvgIpc) is 3.45. The van der Waals surface area contributed by atoms with Gasteiger partial charge in [0, 0.05) is 17.7 Å². The standard InChI is InChI=1S/C22H29N5O6S2/c1-22(2,3)33-20(30)16-11(8-12-6-5-7-32-12)9-34-19-15(18(29)27(16)19)25-17(28)14(26-31-4)13-10-35-21(23)24-13/h10,12,15,19H,5-9H2,1-4H3,(H2,23,24)(H,25,28)/b26-14-/t12?,15-,19-/m1/s1. The van der Waals surface area contributed by atoms with Crippen molar-refractivity contribution in [1.82, 2.24) is 15.2 Å². The van der Waals surface area contributed by atoms with Gasteiger partial charge < -0.3 is 25.4 Å². The SMILES string of the molecule is CO/N=C(\C(=O)N[C@@H]1C(=O)N2C(C(=O)OC(C)(C)C)=C(CC3CCCO3)CS[C@H]12)c1csc(N)n1. The summed E-state index contributed by atoms with van der Waals surface area (Å²) in [5, 5.41) is 7.88. The van der Waals surface area contributed by atoms with Crippen LogP contribution in [0.5, 0.6) is 0 Å². The van der Waals surface area contributed by atoms with Crippen LogP contribution in [-0.2, 0) is 28.7 Å². The summed E-state index contributed by atoms with van der Waals surface area (Å²) in [6.07, 6.45) is 2.46. The lowest BCUT2D eigenvalue weighted by atomic mass is 9.98. The van der Waals surface area contributed by atoms with Gasteiger partial charge in [0.05, 0.1) is 6.10 Å². The van der Waals surface area contributed by atoms with Crippen molar-refractivity contribution >= 4 is 51.7 Å². The van der Waals surface area contributed by atoms with E-state index in [9.17, 15) is 14.4 Å². The number of aromatic nitrogens is 1. The number of β-lactam (4-membered cyclic amide) rings is 1. The number of carbonyl (C=O) groups excluding carboxylic acids is 3. The van der Waals surface area contributed by atoms with Gasteiger partial charge in [-0.25, -0.2) is 9.78 Å². The Morgan fingerprint density at radius 3 is 2.77 bits per heavy atom. The molecule has 0 aromatic carbocycles. The lowest BCUT2D eigenvalue weighted by Gasteiger charge is -2.50. The maximum absolute atomic E-state index is 13.2. The van der Waals surface area contributed by atoms with E-state index in [-0.39, 0.29) is 28.3 Å². The maximum Gasteiger partial charge on any atom is 0.355 e. The fourth-order valence-corrected chi connectivity index (χ4v) is 6.05. The lowest BCUT2D eigenvalue weighted by molar-refractivity contribution is -0.158. The quantitative estimate of drug-likeness (QED) is 0.236. The van der Waals surface area contributed by atoms with Gasteiger partial charge >= 0.3 is 5.97 Å². The van der Waals surface area contributed by atoms with E-state index in [1.54, 1.807) is 26.2 Å². The predicted molar refractivity (Wildman–Crippen MR) is 132 cm³/mol. The normalized spacial score (nSPS) is 24.7. The zero-order valence-electron chi connectivity index (χ0n) is 20.0. The van der Waals surface area contributed by atoms with E-state index in [0.29, 0.717) is 18.8 Å². The second-order valence-electron chi connectivity index (χ2n) is 9.35. The van der Waals surface area contributed by atoms with Crippen molar-refractivity contribution in [2.24, 2.45) is 5.16 Å². The number of nitrogens with zero attached hydrogens (tertiary/aromatic N) is 3. The van der Waals surface area contributed by atoms with Crippen LogP contribution >= 0.6 is 23.1 Å². The molecule has 1 aromatic heterocycles. The second-order valence-corrected chi connectivity index (χ2v) is 11.3. The Labute approximate surface area is 211 Å². The van der Waals surface area contributed by atoms with E-state index in [4.69, 9.17) is 20.0 Å². The van der Waals surface area contributed by atoms with Crippen LogP contribution in [0.25, 0.3) is 0 Å². The number of fused-ring (bicyclic) bond motifs is 1. The average molecular weight is 524 g/mol.